The molecule has 1 N–H and O–H groups in total. The molecular formula is C25H23F2N5O2. The van der Waals surface area contributed by atoms with Crippen LogP contribution in [0.3, 0.4) is 0 Å². The van der Waals surface area contributed by atoms with Crippen LogP contribution < -0.4 is 15.6 Å². The van der Waals surface area contributed by atoms with Gasteiger partial charge in [-0.15, -0.1) is 0 Å². The molecule has 1 fully saturated rings. The van der Waals surface area contributed by atoms with Crippen LogP contribution in [0.15, 0.2) is 65.6 Å². The minimum absolute atomic E-state index is 0.0716. The molecule has 0 amide bonds. The average Bonchev–Trinajstić information content (AvgIpc) is 3.12. The third-order valence-electron chi connectivity index (χ3n) is 5.98. The molecule has 0 bridgehead atoms. The van der Waals surface area contributed by atoms with Gasteiger partial charge in [-0.2, -0.15) is 4.98 Å². The van der Waals surface area contributed by atoms with E-state index >= 15 is 0 Å². The fourth-order valence-corrected chi connectivity index (χ4v) is 4.36. The third kappa shape index (κ3) is 4.22. The lowest BCUT2D eigenvalue weighted by Gasteiger charge is -2.27. The quantitative estimate of drug-likeness (QED) is 0.478. The third-order valence-corrected chi connectivity index (χ3v) is 5.98. The number of benzene rings is 2. The van der Waals surface area contributed by atoms with E-state index in [1.807, 2.05) is 4.68 Å². The maximum absolute atomic E-state index is 13.6. The molecule has 0 unspecified atom stereocenters. The van der Waals surface area contributed by atoms with Crippen LogP contribution in [-0.4, -0.2) is 32.4 Å². The van der Waals surface area contributed by atoms with Gasteiger partial charge in [0.2, 0.25) is 0 Å². The van der Waals surface area contributed by atoms with E-state index in [1.54, 1.807) is 36.1 Å². The van der Waals surface area contributed by atoms with Crippen LogP contribution in [0.2, 0.25) is 0 Å². The van der Waals surface area contributed by atoms with E-state index in [2.05, 4.69) is 15.3 Å². The molecule has 34 heavy (non-hydrogen) atoms. The van der Waals surface area contributed by atoms with E-state index in [1.165, 1.54) is 36.4 Å². The number of halogens is 2. The lowest BCUT2D eigenvalue weighted by Crippen LogP contribution is -2.33. The molecule has 0 aliphatic carbocycles. The van der Waals surface area contributed by atoms with Gasteiger partial charge in [-0.25, -0.2) is 13.8 Å². The van der Waals surface area contributed by atoms with Crippen LogP contribution >= 0.6 is 0 Å². The highest BCUT2D eigenvalue weighted by Gasteiger charge is 2.28. The molecule has 3 heterocycles. The van der Waals surface area contributed by atoms with Crippen molar-refractivity contribution in [2.24, 2.45) is 7.05 Å². The van der Waals surface area contributed by atoms with Gasteiger partial charge in [0.15, 0.2) is 0 Å². The van der Waals surface area contributed by atoms with Crippen LogP contribution in [0.25, 0.3) is 22.5 Å². The number of hydrogen-bond acceptors (Lipinski definition) is 5. The molecule has 0 atom stereocenters. The van der Waals surface area contributed by atoms with E-state index in [-0.39, 0.29) is 29.2 Å². The summed E-state index contributed by atoms with van der Waals surface area (Å²) in [4.78, 5) is 22.2. The van der Waals surface area contributed by atoms with Gasteiger partial charge in [0.1, 0.15) is 17.4 Å². The van der Waals surface area contributed by atoms with Crippen LogP contribution in [-0.2, 0) is 7.05 Å². The Bertz CT molecular complexity index is 1360. The van der Waals surface area contributed by atoms with E-state index in [4.69, 9.17) is 4.74 Å². The molecule has 1 aliphatic rings. The summed E-state index contributed by atoms with van der Waals surface area (Å²) in [5.41, 5.74) is 1.97. The second-order valence-corrected chi connectivity index (χ2v) is 8.17. The van der Waals surface area contributed by atoms with Crippen LogP contribution in [0.1, 0.15) is 18.9 Å². The summed E-state index contributed by atoms with van der Waals surface area (Å²) in [6, 6.07) is 13.3. The fourth-order valence-electron chi connectivity index (χ4n) is 4.36. The SMILES string of the molecule is Cn1c(=O)c(-c2ccc(F)cc2)c(-c2ccnc(Oc3ccc(F)cc3)n2)n1C1CCNCC1. The molecule has 1 aliphatic heterocycles. The zero-order valence-corrected chi connectivity index (χ0v) is 18.5. The van der Waals surface area contributed by atoms with Gasteiger partial charge in [0.05, 0.1) is 23.0 Å². The summed E-state index contributed by atoms with van der Waals surface area (Å²) in [5, 5.41) is 3.35. The normalized spacial score (nSPS) is 14.3. The molecular weight excluding hydrogens is 440 g/mol. The molecule has 9 heteroatoms. The van der Waals surface area contributed by atoms with E-state index in [0.717, 1.165) is 25.9 Å². The first kappa shape index (κ1) is 22.0. The predicted molar refractivity (Wildman–Crippen MR) is 124 cm³/mol. The highest BCUT2D eigenvalue weighted by Crippen LogP contribution is 2.34. The largest absolute Gasteiger partial charge is 0.424 e. The van der Waals surface area contributed by atoms with Gasteiger partial charge in [-0.1, -0.05) is 12.1 Å². The lowest BCUT2D eigenvalue weighted by molar-refractivity contribution is 0.313. The average molecular weight is 463 g/mol. The van der Waals surface area contributed by atoms with Crippen LogP contribution in [0, 0.1) is 11.6 Å². The number of piperidine rings is 1. The highest BCUT2D eigenvalue weighted by molar-refractivity contribution is 5.79. The molecule has 174 valence electrons. The Hall–Kier alpha value is -3.85. The number of nitrogens with one attached hydrogen (secondary N) is 1. The summed E-state index contributed by atoms with van der Waals surface area (Å²) in [6.45, 7) is 1.68. The van der Waals surface area contributed by atoms with E-state index < -0.39 is 0 Å². The number of nitrogens with zero attached hydrogens (tertiary/aromatic N) is 4. The predicted octanol–water partition coefficient (Wildman–Crippen LogP) is 4.31. The molecule has 2 aromatic heterocycles. The second kappa shape index (κ2) is 9.18. The first-order valence-corrected chi connectivity index (χ1v) is 11.1. The summed E-state index contributed by atoms with van der Waals surface area (Å²) < 4.78 is 36.2. The lowest BCUT2D eigenvalue weighted by atomic mass is 10.0. The molecule has 1 saturated heterocycles. The Labute approximate surface area is 194 Å². The van der Waals surface area contributed by atoms with E-state index in [9.17, 15) is 13.6 Å². The summed E-state index contributed by atoms with van der Waals surface area (Å²) in [5.74, 6) is -0.362. The number of ether oxygens (including phenoxy) is 1. The summed E-state index contributed by atoms with van der Waals surface area (Å²) in [6.07, 6.45) is 3.25. The zero-order chi connectivity index (χ0) is 23.7. The minimum atomic E-state index is -0.378. The molecule has 0 radical (unpaired) electrons. The maximum atomic E-state index is 13.6. The summed E-state index contributed by atoms with van der Waals surface area (Å²) >= 11 is 0. The van der Waals surface area contributed by atoms with Crippen molar-refractivity contribution < 1.29 is 13.5 Å². The first-order valence-electron chi connectivity index (χ1n) is 11.1. The molecule has 5 rings (SSSR count). The van der Waals surface area contributed by atoms with Gasteiger partial charge >= 0.3 is 6.01 Å². The summed E-state index contributed by atoms with van der Waals surface area (Å²) in [7, 11) is 1.73. The van der Waals surface area contributed by atoms with Crippen molar-refractivity contribution in [3.05, 3.63) is 82.8 Å². The minimum Gasteiger partial charge on any atom is -0.424 e. The Kier molecular flexibility index (Phi) is 5.93. The highest BCUT2D eigenvalue weighted by atomic mass is 19.1. The van der Waals surface area contributed by atoms with Crippen molar-refractivity contribution in [3.63, 3.8) is 0 Å². The van der Waals surface area contributed by atoms with Crippen molar-refractivity contribution in [2.75, 3.05) is 13.1 Å². The molecule has 0 spiro atoms. The van der Waals surface area contributed by atoms with Gasteiger partial charge in [0.25, 0.3) is 5.56 Å². The van der Waals surface area contributed by atoms with Gasteiger partial charge < -0.3 is 10.1 Å². The molecule has 0 saturated carbocycles. The first-order chi connectivity index (χ1) is 16.5. The molecule has 4 aromatic rings. The zero-order valence-electron chi connectivity index (χ0n) is 18.5. The topological polar surface area (TPSA) is 74.0 Å². The number of hydrogen-bond donors (Lipinski definition) is 1. The van der Waals surface area contributed by atoms with Crippen molar-refractivity contribution in [1.82, 2.24) is 24.6 Å². The second-order valence-electron chi connectivity index (χ2n) is 8.17. The number of rotatable bonds is 5. The van der Waals surface area contributed by atoms with Gasteiger partial charge in [0, 0.05) is 13.2 Å². The Morgan fingerprint density at radius 3 is 2.29 bits per heavy atom. The fraction of sp³-hybridized carbons (Fsp3) is 0.240. The van der Waals surface area contributed by atoms with Gasteiger partial charge in [-0.3, -0.25) is 14.2 Å². The Morgan fingerprint density at radius 2 is 1.62 bits per heavy atom. The maximum Gasteiger partial charge on any atom is 0.322 e. The smallest absolute Gasteiger partial charge is 0.322 e. The van der Waals surface area contributed by atoms with Gasteiger partial charge in [-0.05, 0) is 74.0 Å². The van der Waals surface area contributed by atoms with Crippen LogP contribution in [0.4, 0.5) is 8.78 Å². The Morgan fingerprint density at radius 1 is 0.971 bits per heavy atom. The monoisotopic (exact) mass is 463 g/mol. The van der Waals surface area contributed by atoms with Crippen molar-refractivity contribution in [1.29, 1.82) is 0 Å². The van der Waals surface area contributed by atoms with Crippen molar-refractivity contribution in [3.8, 4) is 34.3 Å². The van der Waals surface area contributed by atoms with Crippen molar-refractivity contribution >= 4 is 0 Å². The number of aromatic nitrogens is 4. The molecule has 2 aromatic carbocycles. The molecule has 7 nitrogen and oxygen atoms in total. The Balaban J connectivity index is 1.66. The van der Waals surface area contributed by atoms with Crippen molar-refractivity contribution in [2.45, 2.75) is 18.9 Å². The standard InChI is InChI=1S/C25H23F2N5O2/c1-31-24(33)22(16-2-4-17(26)5-3-16)23(32(31)19-10-13-28-14-11-19)21-12-15-29-25(30-21)34-20-8-6-18(27)7-9-20/h2-9,12,15,19,28H,10-11,13-14H2,1H3. The van der Waals surface area contributed by atoms with Crippen LogP contribution in [0.5, 0.6) is 11.8 Å². The van der Waals surface area contributed by atoms with E-state index in [0.29, 0.717) is 28.3 Å².